The van der Waals surface area contributed by atoms with Gasteiger partial charge in [0.2, 0.25) is 10.0 Å². The van der Waals surface area contributed by atoms with E-state index in [4.69, 9.17) is 0 Å². The average Bonchev–Trinajstić information content (AvgIpc) is 2.42. The van der Waals surface area contributed by atoms with E-state index in [1.54, 1.807) is 19.1 Å². The van der Waals surface area contributed by atoms with Crippen molar-refractivity contribution in [2.45, 2.75) is 13.3 Å². The van der Waals surface area contributed by atoms with E-state index in [1.165, 1.54) is 6.07 Å². The molecule has 20 heavy (non-hydrogen) atoms. The fraction of sp³-hybridized carbons (Fsp3) is 0.200. The number of phenols is 1. The maximum atomic E-state index is 12.0. The number of hydrogen-bond acceptors (Lipinski definition) is 3. The van der Waals surface area contributed by atoms with Gasteiger partial charge >= 0.3 is 0 Å². The van der Waals surface area contributed by atoms with Gasteiger partial charge in [-0.15, -0.1) is 0 Å². The number of rotatable bonds is 5. The van der Waals surface area contributed by atoms with E-state index in [-0.39, 0.29) is 11.5 Å². The molecule has 0 amide bonds. The molecule has 2 rings (SSSR count). The lowest BCUT2D eigenvalue weighted by atomic mass is 10.2. The van der Waals surface area contributed by atoms with Crippen molar-refractivity contribution >= 4 is 15.7 Å². The highest BCUT2D eigenvalue weighted by Crippen LogP contribution is 2.21. The summed E-state index contributed by atoms with van der Waals surface area (Å²) < 4.78 is 26.4. The summed E-state index contributed by atoms with van der Waals surface area (Å²) in [6.45, 7) is 1.75. The molecule has 5 heteroatoms. The molecule has 0 saturated carbocycles. The molecule has 0 unspecified atom stereocenters. The zero-order valence-electron chi connectivity index (χ0n) is 11.2. The van der Waals surface area contributed by atoms with Gasteiger partial charge in [-0.05, 0) is 30.5 Å². The molecule has 2 aromatic carbocycles. The van der Waals surface area contributed by atoms with Crippen molar-refractivity contribution in [3.8, 4) is 5.75 Å². The van der Waals surface area contributed by atoms with Gasteiger partial charge in [-0.25, -0.2) is 8.42 Å². The topological polar surface area (TPSA) is 66.4 Å². The molecule has 0 aliphatic carbocycles. The number of phenolic OH excluding ortho intramolecular Hbond substituents is 1. The molecule has 0 aliphatic rings. The van der Waals surface area contributed by atoms with Crippen LogP contribution in [0.25, 0.3) is 0 Å². The number of sulfonamides is 1. The largest absolute Gasteiger partial charge is 0.508 e. The van der Waals surface area contributed by atoms with Gasteiger partial charge in [-0.1, -0.05) is 36.4 Å². The predicted octanol–water partition coefficient (Wildman–Crippen LogP) is 2.69. The highest BCUT2D eigenvalue weighted by Gasteiger charge is 2.11. The van der Waals surface area contributed by atoms with E-state index < -0.39 is 10.0 Å². The van der Waals surface area contributed by atoms with Crippen molar-refractivity contribution in [3.63, 3.8) is 0 Å². The van der Waals surface area contributed by atoms with Crippen molar-refractivity contribution in [2.75, 3.05) is 10.5 Å². The minimum atomic E-state index is -3.42. The Bertz CT molecular complexity index is 682. The third-order valence-electron chi connectivity index (χ3n) is 2.98. The number of benzene rings is 2. The van der Waals surface area contributed by atoms with Gasteiger partial charge in [0.1, 0.15) is 5.75 Å². The van der Waals surface area contributed by atoms with E-state index in [2.05, 4.69) is 4.72 Å². The van der Waals surface area contributed by atoms with Gasteiger partial charge in [0.05, 0.1) is 11.4 Å². The molecule has 106 valence electrons. The Kier molecular flexibility index (Phi) is 4.29. The Labute approximate surface area is 119 Å². The first-order valence-corrected chi connectivity index (χ1v) is 7.95. The minimum Gasteiger partial charge on any atom is -0.508 e. The Morgan fingerprint density at radius 2 is 1.80 bits per heavy atom. The monoisotopic (exact) mass is 291 g/mol. The minimum absolute atomic E-state index is 0.00561. The van der Waals surface area contributed by atoms with Gasteiger partial charge in [0, 0.05) is 6.07 Å². The number of anilines is 1. The number of hydrogen-bond donors (Lipinski definition) is 2. The lowest BCUT2D eigenvalue weighted by Gasteiger charge is -2.09. The van der Waals surface area contributed by atoms with Crippen molar-refractivity contribution in [1.82, 2.24) is 0 Å². The molecule has 0 bridgehead atoms. The smallest absolute Gasteiger partial charge is 0.233 e. The van der Waals surface area contributed by atoms with Crippen LogP contribution in [0.15, 0.2) is 48.5 Å². The summed E-state index contributed by atoms with van der Waals surface area (Å²) in [5, 5.41) is 9.57. The average molecular weight is 291 g/mol. The van der Waals surface area contributed by atoms with Crippen molar-refractivity contribution in [3.05, 3.63) is 59.7 Å². The van der Waals surface area contributed by atoms with E-state index in [1.807, 2.05) is 30.3 Å². The maximum absolute atomic E-state index is 12.0. The molecule has 0 aliphatic heterocycles. The molecule has 0 saturated heterocycles. The summed E-state index contributed by atoms with van der Waals surface area (Å²) in [6.07, 6.45) is 0.452. The van der Waals surface area contributed by atoms with Crippen LogP contribution in [0, 0.1) is 6.92 Å². The molecule has 2 aromatic rings. The first kappa shape index (κ1) is 14.4. The van der Waals surface area contributed by atoms with Gasteiger partial charge in [0.15, 0.2) is 0 Å². The predicted molar refractivity (Wildman–Crippen MR) is 80.4 cm³/mol. The highest BCUT2D eigenvalue weighted by atomic mass is 32.2. The fourth-order valence-electron chi connectivity index (χ4n) is 1.80. The first-order chi connectivity index (χ1) is 9.46. The Morgan fingerprint density at radius 1 is 1.10 bits per heavy atom. The van der Waals surface area contributed by atoms with Crippen LogP contribution in [-0.2, 0) is 16.4 Å². The molecular weight excluding hydrogens is 274 g/mol. The highest BCUT2D eigenvalue weighted by molar-refractivity contribution is 7.92. The summed E-state index contributed by atoms with van der Waals surface area (Å²) in [5.41, 5.74) is 2.06. The molecule has 0 spiro atoms. The van der Waals surface area contributed by atoms with Gasteiger partial charge in [0.25, 0.3) is 0 Å². The normalized spacial score (nSPS) is 11.2. The second-order valence-electron chi connectivity index (χ2n) is 4.66. The van der Waals surface area contributed by atoms with E-state index >= 15 is 0 Å². The third-order valence-corrected chi connectivity index (χ3v) is 4.27. The lowest BCUT2D eigenvalue weighted by Crippen LogP contribution is -2.18. The molecule has 0 heterocycles. The Morgan fingerprint density at radius 3 is 2.45 bits per heavy atom. The Hall–Kier alpha value is -2.01. The zero-order chi connectivity index (χ0) is 14.6. The van der Waals surface area contributed by atoms with Crippen LogP contribution < -0.4 is 4.72 Å². The molecule has 0 radical (unpaired) electrons. The second kappa shape index (κ2) is 5.96. The summed E-state index contributed by atoms with van der Waals surface area (Å²) in [6, 6.07) is 14.2. The van der Waals surface area contributed by atoms with Crippen LogP contribution in [0.1, 0.15) is 11.1 Å². The summed E-state index contributed by atoms with van der Waals surface area (Å²) in [5.74, 6) is 0.0827. The van der Waals surface area contributed by atoms with Crippen LogP contribution in [0.2, 0.25) is 0 Å². The van der Waals surface area contributed by atoms with Crippen molar-refractivity contribution < 1.29 is 13.5 Å². The van der Waals surface area contributed by atoms with Crippen LogP contribution in [0.3, 0.4) is 0 Å². The van der Waals surface area contributed by atoms with Crippen LogP contribution in [0.4, 0.5) is 5.69 Å². The first-order valence-electron chi connectivity index (χ1n) is 6.30. The molecule has 0 fully saturated rings. The maximum Gasteiger partial charge on any atom is 0.233 e. The summed E-state index contributed by atoms with van der Waals surface area (Å²) in [7, 11) is -3.42. The number of aromatic hydroxyl groups is 1. The molecule has 0 aromatic heterocycles. The fourth-order valence-corrected chi connectivity index (χ4v) is 2.89. The summed E-state index contributed by atoms with van der Waals surface area (Å²) in [4.78, 5) is 0. The zero-order valence-corrected chi connectivity index (χ0v) is 12.0. The van der Waals surface area contributed by atoms with Gasteiger partial charge in [-0.3, -0.25) is 4.72 Å². The SMILES string of the molecule is Cc1ccc(NS(=O)(=O)CCc2ccccc2)cc1O. The quantitative estimate of drug-likeness (QED) is 0.890. The molecular formula is C15H17NO3S. The number of aryl methyl sites for hydroxylation is 2. The Balaban J connectivity index is 2.02. The lowest BCUT2D eigenvalue weighted by molar-refractivity contribution is 0.471. The van der Waals surface area contributed by atoms with Gasteiger partial charge < -0.3 is 5.11 Å². The second-order valence-corrected chi connectivity index (χ2v) is 6.50. The van der Waals surface area contributed by atoms with Crippen molar-refractivity contribution in [2.24, 2.45) is 0 Å². The number of nitrogens with one attached hydrogen (secondary N) is 1. The van der Waals surface area contributed by atoms with Crippen LogP contribution in [-0.4, -0.2) is 19.3 Å². The van der Waals surface area contributed by atoms with Crippen LogP contribution in [0.5, 0.6) is 5.75 Å². The van der Waals surface area contributed by atoms with E-state index in [0.717, 1.165) is 5.56 Å². The van der Waals surface area contributed by atoms with Crippen molar-refractivity contribution in [1.29, 1.82) is 0 Å². The summed E-state index contributed by atoms with van der Waals surface area (Å²) >= 11 is 0. The standard InChI is InChI=1S/C15H17NO3S/c1-12-7-8-14(11-15(12)17)16-20(18,19)10-9-13-5-3-2-4-6-13/h2-8,11,16-17H,9-10H2,1H3. The molecule has 2 N–H and O–H groups in total. The molecule has 4 nitrogen and oxygen atoms in total. The van der Waals surface area contributed by atoms with Crippen LogP contribution >= 0.6 is 0 Å². The molecule has 0 atom stereocenters. The van der Waals surface area contributed by atoms with Gasteiger partial charge in [-0.2, -0.15) is 0 Å². The van der Waals surface area contributed by atoms with E-state index in [9.17, 15) is 13.5 Å². The third kappa shape index (κ3) is 3.99. The van der Waals surface area contributed by atoms with E-state index in [0.29, 0.717) is 17.7 Å².